The minimum Gasteiger partial charge on any atom is -0.504 e. The van der Waals surface area contributed by atoms with Crippen LogP contribution in [0.3, 0.4) is 0 Å². The summed E-state index contributed by atoms with van der Waals surface area (Å²) >= 11 is 1.96. The Morgan fingerprint density at radius 1 is 1.42 bits per heavy atom. The summed E-state index contributed by atoms with van der Waals surface area (Å²) in [6, 6.07) is 5.95. The number of guanidine groups is 1. The van der Waals surface area contributed by atoms with Crippen LogP contribution in [-0.4, -0.2) is 42.3 Å². The van der Waals surface area contributed by atoms with Crippen LogP contribution in [0.4, 0.5) is 0 Å². The number of hydrogen-bond donors (Lipinski definition) is 3. The molecule has 0 amide bonds. The maximum absolute atomic E-state index is 10.2. The average Bonchev–Trinajstić information content (AvgIpc) is 2.61. The summed E-state index contributed by atoms with van der Waals surface area (Å²) in [4.78, 5) is 4.64. The van der Waals surface area contributed by atoms with Crippen molar-refractivity contribution in [2.75, 3.05) is 19.9 Å². The van der Waals surface area contributed by atoms with E-state index in [1.165, 1.54) is 25.7 Å². The summed E-state index contributed by atoms with van der Waals surface area (Å²) in [5.41, 5.74) is 0.761. The Morgan fingerprint density at radius 2 is 2.25 bits per heavy atom. The zero-order chi connectivity index (χ0) is 17.4. The van der Waals surface area contributed by atoms with Crippen molar-refractivity contribution in [2.45, 2.75) is 50.4 Å². The largest absolute Gasteiger partial charge is 0.504 e. The molecule has 1 aromatic rings. The highest BCUT2D eigenvalue weighted by atomic mass is 32.2. The summed E-state index contributed by atoms with van der Waals surface area (Å²) in [7, 11) is 1.55. The number of phenolic OH excluding ortho intramolecular Hbond substituents is 1. The molecule has 134 valence electrons. The third kappa shape index (κ3) is 5.23. The molecule has 6 heteroatoms. The number of hydrogen-bond acceptors (Lipinski definition) is 4. The molecule has 1 saturated carbocycles. The molecule has 0 spiro atoms. The first-order chi connectivity index (χ1) is 11.7. The van der Waals surface area contributed by atoms with E-state index in [1.54, 1.807) is 13.2 Å². The van der Waals surface area contributed by atoms with E-state index in [1.807, 2.05) is 23.9 Å². The van der Waals surface area contributed by atoms with Crippen molar-refractivity contribution in [3.63, 3.8) is 0 Å². The highest BCUT2D eigenvalue weighted by Gasteiger charge is 2.21. The van der Waals surface area contributed by atoms with Crippen LogP contribution in [0.2, 0.25) is 0 Å². The van der Waals surface area contributed by atoms with Crippen LogP contribution < -0.4 is 15.4 Å². The van der Waals surface area contributed by atoms with Gasteiger partial charge in [0.25, 0.3) is 0 Å². The lowest BCUT2D eigenvalue weighted by molar-refractivity contribution is 0.370. The topological polar surface area (TPSA) is 65.9 Å². The van der Waals surface area contributed by atoms with Gasteiger partial charge in [-0.05, 0) is 38.5 Å². The number of benzene rings is 1. The molecular weight excluding hydrogens is 322 g/mol. The van der Waals surface area contributed by atoms with Gasteiger partial charge in [0.05, 0.1) is 13.7 Å². The second kappa shape index (κ2) is 9.67. The second-order valence-electron chi connectivity index (χ2n) is 6.03. The van der Waals surface area contributed by atoms with Crippen molar-refractivity contribution in [3.8, 4) is 11.5 Å². The number of thioether (sulfide) groups is 1. The molecule has 2 unspecified atom stereocenters. The Morgan fingerprint density at radius 3 is 2.96 bits per heavy atom. The number of aliphatic imine (C=N–C) groups is 1. The van der Waals surface area contributed by atoms with E-state index in [0.29, 0.717) is 18.3 Å². The van der Waals surface area contributed by atoms with Crippen molar-refractivity contribution >= 4 is 17.7 Å². The summed E-state index contributed by atoms with van der Waals surface area (Å²) < 4.78 is 5.15. The molecular formula is C18H29N3O2S. The number of aromatic hydroxyl groups is 1. The lowest BCUT2D eigenvalue weighted by atomic mass is 9.95. The summed E-state index contributed by atoms with van der Waals surface area (Å²) in [6.07, 6.45) is 7.13. The smallest absolute Gasteiger partial charge is 0.191 e. The van der Waals surface area contributed by atoms with Crippen molar-refractivity contribution in [3.05, 3.63) is 23.8 Å². The van der Waals surface area contributed by atoms with E-state index in [-0.39, 0.29) is 5.75 Å². The molecule has 3 N–H and O–H groups in total. The Labute approximate surface area is 149 Å². The summed E-state index contributed by atoms with van der Waals surface area (Å²) in [5, 5.41) is 17.8. The van der Waals surface area contributed by atoms with Gasteiger partial charge in [-0.1, -0.05) is 18.6 Å². The van der Waals surface area contributed by atoms with Crippen molar-refractivity contribution in [1.29, 1.82) is 0 Å². The lowest BCUT2D eigenvalue weighted by Crippen LogP contribution is -2.45. The first kappa shape index (κ1) is 18.8. The highest BCUT2D eigenvalue weighted by molar-refractivity contribution is 7.99. The molecule has 0 aromatic heterocycles. The van der Waals surface area contributed by atoms with Crippen molar-refractivity contribution < 1.29 is 9.84 Å². The fraction of sp³-hybridized carbons (Fsp3) is 0.611. The molecule has 5 nitrogen and oxygen atoms in total. The van der Waals surface area contributed by atoms with Gasteiger partial charge in [-0.15, -0.1) is 0 Å². The number of nitrogens with one attached hydrogen (secondary N) is 2. The first-order valence-electron chi connectivity index (χ1n) is 8.60. The van der Waals surface area contributed by atoms with Crippen LogP contribution in [0.1, 0.15) is 38.2 Å². The molecule has 2 atom stereocenters. The van der Waals surface area contributed by atoms with Gasteiger partial charge in [0.15, 0.2) is 17.5 Å². The monoisotopic (exact) mass is 351 g/mol. The second-order valence-corrected chi connectivity index (χ2v) is 7.17. The Bertz CT molecular complexity index is 551. The molecule has 0 heterocycles. The average molecular weight is 352 g/mol. The quantitative estimate of drug-likeness (QED) is 0.543. The van der Waals surface area contributed by atoms with Gasteiger partial charge in [-0.25, -0.2) is 4.99 Å². The zero-order valence-electron chi connectivity index (χ0n) is 14.8. The number of para-hydroxylation sites is 1. The molecule has 1 aromatic carbocycles. The van der Waals surface area contributed by atoms with Gasteiger partial charge in [-0.2, -0.15) is 11.8 Å². The van der Waals surface area contributed by atoms with Crippen molar-refractivity contribution in [1.82, 2.24) is 10.6 Å². The van der Waals surface area contributed by atoms with E-state index in [9.17, 15) is 5.11 Å². The SMILES string of the molecule is CCNC(=NCc1cccc(OC)c1O)NC1CCCC(SC)C1. The van der Waals surface area contributed by atoms with Gasteiger partial charge >= 0.3 is 0 Å². The Kier molecular flexibility index (Phi) is 7.56. The molecule has 0 bridgehead atoms. The van der Waals surface area contributed by atoms with Crippen LogP contribution in [0.25, 0.3) is 0 Å². The minimum absolute atomic E-state index is 0.166. The number of rotatable bonds is 6. The minimum atomic E-state index is 0.166. The van der Waals surface area contributed by atoms with Gasteiger partial charge in [0, 0.05) is 23.4 Å². The van der Waals surface area contributed by atoms with E-state index >= 15 is 0 Å². The van der Waals surface area contributed by atoms with E-state index < -0.39 is 0 Å². The van der Waals surface area contributed by atoms with E-state index in [0.717, 1.165) is 23.3 Å². The zero-order valence-corrected chi connectivity index (χ0v) is 15.7. The standard InChI is InChI=1S/C18H29N3O2S/c1-4-19-18(21-14-8-6-9-15(11-14)24-3)20-12-13-7-5-10-16(23-2)17(13)22/h5,7,10,14-15,22H,4,6,8-9,11-12H2,1-3H3,(H2,19,20,21). The molecule has 0 saturated heterocycles. The van der Waals surface area contributed by atoms with Gasteiger partial charge in [-0.3, -0.25) is 0 Å². The Hall–Kier alpha value is -1.56. The molecule has 24 heavy (non-hydrogen) atoms. The number of phenols is 1. The van der Waals surface area contributed by atoms with Gasteiger partial charge in [0.1, 0.15) is 0 Å². The maximum atomic E-state index is 10.2. The third-order valence-corrected chi connectivity index (χ3v) is 5.45. The highest BCUT2D eigenvalue weighted by Crippen LogP contribution is 2.30. The van der Waals surface area contributed by atoms with Crippen LogP contribution >= 0.6 is 11.8 Å². The number of methoxy groups -OCH3 is 1. The predicted octanol–water partition coefficient (Wildman–Crippen LogP) is 3.13. The Balaban J connectivity index is 2.03. The molecule has 1 aliphatic rings. The van der Waals surface area contributed by atoms with E-state index in [2.05, 4.69) is 28.8 Å². The normalized spacial score (nSPS) is 21.4. The van der Waals surface area contributed by atoms with Crippen LogP contribution in [0, 0.1) is 0 Å². The summed E-state index contributed by atoms with van der Waals surface area (Å²) in [5.74, 6) is 1.46. The number of ether oxygens (including phenoxy) is 1. The van der Waals surface area contributed by atoms with Crippen LogP contribution in [0.15, 0.2) is 23.2 Å². The molecule has 1 fully saturated rings. The molecule has 2 rings (SSSR count). The van der Waals surface area contributed by atoms with E-state index in [4.69, 9.17) is 4.74 Å². The van der Waals surface area contributed by atoms with Crippen LogP contribution in [0.5, 0.6) is 11.5 Å². The summed E-state index contributed by atoms with van der Waals surface area (Å²) in [6.45, 7) is 3.29. The van der Waals surface area contributed by atoms with Crippen LogP contribution in [-0.2, 0) is 6.54 Å². The first-order valence-corrected chi connectivity index (χ1v) is 9.89. The third-order valence-electron chi connectivity index (χ3n) is 4.35. The molecule has 0 aliphatic heterocycles. The fourth-order valence-corrected chi connectivity index (χ4v) is 3.85. The van der Waals surface area contributed by atoms with Crippen molar-refractivity contribution in [2.24, 2.45) is 4.99 Å². The fourth-order valence-electron chi connectivity index (χ4n) is 3.03. The number of nitrogens with zero attached hydrogens (tertiary/aromatic N) is 1. The lowest BCUT2D eigenvalue weighted by Gasteiger charge is -2.29. The molecule has 1 aliphatic carbocycles. The van der Waals surface area contributed by atoms with Gasteiger partial charge in [0.2, 0.25) is 0 Å². The maximum Gasteiger partial charge on any atom is 0.191 e. The van der Waals surface area contributed by atoms with Gasteiger partial charge < -0.3 is 20.5 Å². The molecule has 0 radical (unpaired) electrons. The predicted molar refractivity (Wildman–Crippen MR) is 102 cm³/mol.